The second-order valence-corrected chi connectivity index (χ2v) is 6.03. The van der Waals surface area contributed by atoms with E-state index in [1.54, 1.807) is 19.4 Å². The summed E-state index contributed by atoms with van der Waals surface area (Å²) < 4.78 is 11.5. The summed E-state index contributed by atoms with van der Waals surface area (Å²) in [4.78, 5) is 0. The number of aryl methyl sites for hydroxylation is 1. The van der Waals surface area contributed by atoms with E-state index in [9.17, 15) is 5.11 Å². The molecule has 0 saturated heterocycles. The van der Waals surface area contributed by atoms with Crippen molar-refractivity contribution >= 4 is 15.9 Å². The molecule has 0 bridgehead atoms. The van der Waals surface area contributed by atoms with Crippen LogP contribution in [-0.2, 0) is 6.42 Å². The van der Waals surface area contributed by atoms with Crippen molar-refractivity contribution in [1.29, 1.82) is 0 Å². The summed E-state index contributed by atoms with van der Waals surface area (Å²) in [7, 11) is 1.59. The van der Waals surface area contributed by atoms with Crippen molar-refractivity contribution in [3.8, 4) is 33.9 Å². The van der Waals surface area contributed by atoms with E-state index in [0.717, 1.165) is 27.6 Å². The van der Waals surface area contributed by atoms with Gasteiger partial charge in [-0.15, -0.1) is 0 Å². The molecule has 1 heterocycles. The molecular formula is C18H16BrNO3. The molecule has 0 saturated carbocycles. The number of benzene rings is 2. The van der Waals surface area contributed by atoms with Gasteiger partial charge in [-0.1, -0.05) is 40.1 Å². The molecular weight excluding hydrogens is 358 g/mol. The summed E-state index contributed by atoms with van der Waals surface area (Å²) >= 11 is 3.43. The maximum Gasteiger partial charge on any atom is 0.132 e. The van der Waals surface area contributed by atoms with Crippen molar-refractivity contribution in [3.05, 3.63) is 52.7 Å². The van der Waals surface area contributed by atoms with Crippen LogP contribution in [-0.4, -0.2) is 17.4 Å². The molecule has 5 heteroatoms. The zero-order valence-electron chi connectivity index (χ0n) is 12.8. The molecule has 3 aromatic rings. The Bertz CT molecular complexity index is 825. The predicted molar refractivity (Wildman–Crippen MR) is 92.7 cm³/mol. The zero-order chi connectivity index (χ0) is 16.4. The molecule has 0 aliphatic carbocycles. The van der Waals surface area contributed by atoms with E-state index in [-0.39, 0.29) is 5.75 Å². The number of hydrogen-bond acceptors (Lipinski definition) is 4. The zero-order valence-corrected chi connectivity index (χ0v) is 14.4. The Morgan fingerprint density at radius 1 is 1.17 bits per heavy atom. The van der Waals surface area contributed by atoms with E-state index in [2.05, 4.69) is 21.1 Å². The van der Waals surface area contributed by atoms with Crippen LogP contribution in [0.15, 0.2) is 51.7 Å². The fourth-order valence-electron chi connectivity index (χ4n) is 2.54. The first-order chi connectivity index (χ1) is 11.1. The van der Waals surface area contributed by atoms with Gasteiger partial charge in [0.2, 0.25) is 0 Å². The van der Waals surface area contributed by atoms with Crippen LogP contribution in [0.3, 0.4) is 0 Å². The van der Waals surface area contributed by atoms with Crippen LogP contribution in [0.2, 0.25) is 0 Å². The first-order valence-corrected chi connectivity index (χ1v) is 8.04. The minimum atomic E-state index is 0.117. The number of hydrogen-bond donors (Lipinski definition) is 1. The third-order valence-electron chi connectivity index (χ3n) is 3.76. The van der Waals surface area contributed by atoms with Gasteiger partial charge in [0.1, 0.15) is 23.5 Å². The first-order valence-electron chi connectivity index (χ1n) is 7.24. The van der Waals surface area contributed by atoms with Crippen molar-refractivity contribution in [2.24, 2.45) is 0 Å². The third kappa shape index (κ3) is 2.97. The lowest BCUT2D eigenvalue weighted by Crippen LogP contribution is -1.93. The molecule has 0 fully saturated rings. The Morgan fingerprint density at radius 2 is 1.91 bits per heavy atom. The second kappa shape index (κ2) is 6.46. The molecule has 0 spiro atoms. The van der Waals surface area contributed by atoms with Crippen LogP contribution in [0.1, 0.15) is 12.5 Å². The van der Waals surface area contributed by atoms with Crippen molar-refractivity contribution in [2.45, 2.75) is 13.3 Å². The molecule has 2 aromatic carbocycles. The molecule has 118 valence electrons. The lowest BCUT2D eigenvalue weighted by Gasteiger charge is -2.11. The topological polar surface area (TPSA) is 55.5 Å². The number of nitrogens with zero attached hydrogens (tertiary/aromatic N) is 1. The second-order valence-electron chi connectivity index (χ2n) is 5.12. The van der Waals surface area contributed by atoms with E-state index in [1.807, 2.05) is 37.3 Å². The minimum absolute atomic E-state index is 0.117. The van der Waals surface area contributed by atoms with E-state index in [4.69, 9.17) is 9.26 Å². The van der Waals surface area contributed by atoms with Gasteiger partial charge < -0.3 is 14.4 Å². The fraction of sp³-hybridized carbons (Fsp3) is 0.167. The van der Waals surface area contributed by atoms with Gasteiger partial charge in [-0.05, 0) is 35.7 Å². The SMILES string of the molecule is CCc1cc(-c2nocc2-c2ccc(Br)cc2)c(O)cc1OC. The van der Waals surface area contributed by atoms with Gasteiger partial charge in [-0.25, -0.2) is 0 Å². The highest BCUT2D eigenvalue weighted by Crippen LogP contribution is 2.39. The molecule has 0 aliphatic heterocycles. The Balaban J connectivity index is 2.13. The fourth-order valence-corrected chi connectivity index (χ4v) is 2.80. The summed E-state index contributed by atoms with van der Waals surface area (Å²) in [5.41, 5.74) is 4.05. The van der Waals surface area contributed by atoms with E-state index in [1.165, 1.54) is 0 Å². The van der Waals surface area contributed by atoms with Gasteiger partial charge in [-0.2, -0.15) is 0 Å². The van der Waals surface area contributed by atoms with Crippen LogP contribution >= 0.6 is 15.9 Å². The number of aromatic nitrogens is 1. The number of phenolic OH excluding ortho intramolecular Hbond substituents is 1. The van der Waals surface area contributed by atoms with E-state index in [0.29, 0.717) is 17.0 Å². The van der Waals surface area contributed by atoms with Crippen LogP contribution in [0.4, 0.5) is 0 Å². The van der Waals surface area contributed by atoms with Crippen LogP contribution < -0.4 is 4.74 Å². The number of halogens is 1. The summed E-state index contributed by atoms with van der Waals surface area (Å²) in [6, 6.07) is 11.4. The van der Waals surface area contributed by atoms with Gasteiger partial charge in [0, 0.05) is 21.7 Å². The highest BCUT2D eigenvalue weighted by Gasteiger charge is 2.18. The summed E-state index contributed by atoms with van der Waals surface area (Å²) in [6.07, 6.45) is 2.38. The number of aromatic hydroxyl groups is 1. The summed E-state index contributed by atoms with van der Waals surface area (Å²) in [5.74, 6) is 0.786. The third-order valence-corrected chi connectivity index (χ3v) is 4.29. The van der Waals surface area contributed by atoms with Crippen LogP contribution in [0.5, 0.6) is 11.5 Å². The lowest BCUT2D eigenvalue weighted by atomic mass is 9.98. The maximum absolute atomic E-state index is 10.4. The molecule has 0 unspecified atom stereocenters. The van der Waals surface area contributed by atoms with Gasteiger partial charge in [0.15, 0.2) is 0 Å². The molecule has 1 N–H and O–H groups in total. The number of methoxy groups -OCH3 is 1. The molecule has 0 atom stereocenters. The maximum atomic E-state index is 10.4. The van der Waals surface area contributed by atoms with Gasteiger partial charge in [0.05, 0.1) is 7.11 Å². The van der Waals surface area contributed by atoms with Crippen molar-refractivity contribution < 1.29 is 14.4 Å². The monoisotopic (exact) mass is 373 g/mol. The predicted octanol–water partition coefficient (Wildman–Crippen LogP) is 5.05. The Labute approximate surface area is 142 Å². The average Bonchev–Trinajstić information content (AvgIpc) is 3.04. The smallest absolute Gasteiger partial charge is 0.132 e. The minimum Gasteiger partial charge on any atom is -0.507 e. The van der Waals surface area contributed by atoms with Crippen LogP contribution in [0, 0.1) is 0 Å². The van der Waals surface area contributed by atoms with Crippen molar-refractivity contribution in [2.75, 3.05) is 7.11 Å². The van der Waals surface area contributed by atoms with Gasteiger partial charge in [-0.3, -0.25) is 0 Å². The Kier molecular flexibility index (Phi) is 4.39. The van der Waals surface area contributed by atoms with Crippen molar-refractivity contribution in [3.63, 3.8) is 0 Å². The quantitative estimate of drug-likeness (QED) is 0.695. The largest absolute Gasteiger partial charge is 0.507 e. The molecule has 23 heavy (non-hydrogen) atoms. The summed E-state index contributed by atoms with van der Waals surface area (Å²) in [6.45, 7) is 2.04. The van der Waals surface area contributed by atoms with E-state index >= 15 is 0 Å². The number of rotatable bonds is 4. The number of phenols is 1. The Morgan fingerprint density at radius 3 is 2.57 bits per heavy atom. The first kappa shape index (κ1) is 15.6. The van der Waals surface area contributed by atoms with E-state index < -0.39 is 0 Å². The average molecular weight is 374 g/mol. The molecule has 4 nitrogen and oxygen atoms in total. The van der Waals surface area contributed by atoms with Gasteiger partial charge in [0.25, 0.3) is 0 Å². The molecule has 0 aliphatic rings. The lowest BCUT2D eigenvalue weighted by molar-refractivity contribution is 0.403. The summed E-state index contributed by atoms with van der Waals surface area (Å²) in [5, 5.41) is 14.4. The van der Waals surface area contributed by atoms with Gasteiger partial charge >= 0.3 is 0 Å². The molecule has 0 radical (unpaired) electrons. The Hall–Kier alpha value is -2.27. The van der Waals surface area contributed by atoms with Crippen molar-refractivity contribution in [1.82, 2.24) is 5.16 Å². The highest BCUT2D eigenvalue weighted by molar-refractivity contribution is 9.10. The normalized spacial score (nSPS) is 10.7. The van der Waals surface area contributed by atoms with Crippen LogP contribution in [0.25, 0.3) is 22.4 Å². The molecule has 3 rings (SSSR count). The standard InChI is InChI=1S/C18H16BrNO3/c1-3-11-8-14(16(21)9-17(11)22-2)18-15(10-23-20-18)12-4-6-13(19)7-5-12/h4-10,21H,3H2,1-2H3. The molecule has 1 aromatic heterocycles. The molecule has 0 amide bonds. The number of ether oxygens (including phenoxy) is 1. The highest BCUT2D eigenvalue weighted by atomic mass is 79.9.